The fourth-order valence-electron chi connectivity index (χ4n) is 1.17. The number of aliphatic imine (C=N–C) groups is 1. The molecule has 0 fully saturated rings. The highest BCUT2D eigenvalue weighted by atomic mass is 14.7. The van der Waals surface area contributed by atoms with Gasteiger partial charge in [-0.2, -0.15) is 0 Å². The van der Waals surface area contributed by atoms with Crippen LogP contribution in [0.1, 0.15) is 33.1 Å². The normalized spacial score (nSPS) is 17.3. The molecule has 0 bridgehead atoms. The lowest BCUT2D eigenvalue weighted by Gasteiger charge is -1.98. The van der Waals surface area contributed by atoms with Gasteiger partial charge >= 0.3 is 0 Å². The topological polar surface area (TPSA) is 12.4 Å². The van der Waals surface area contributed by atoms with Gasteiger partial charge in [0, 0.05) is 11.9 Å². The van der Waals surface area contributed by atoms with Crippen molar-refractivity contribution in [1.29, 1.82) is 0 Å². The van der Waals surface area contributed by atoms with Crippen molar-refractivity contribution < 1.29 is 0 Å². The summed E-state index contributed by atoms with van der Waals surface area (Å²) < 4.78 is 0. The molecule has 0 saturated carbocycles. The van der Waals surface area contributed by atoms with Crippen molar-refractivity contribution in [3.8, 4) is 0 Å². The number of nitrogens with zero attached hydrogens (tertiary/aromatic N) is 1. The second kappa shape index (κ2) is 4.12. The molecular weight excluding hydrogens is 134 g/mol. The highest BCUT2D eigenvalue weighted by Gasteiger charge is 1.95. The van der Waals surface area contributed by atoms with Crippen molar-refractivity contribution in [3.63, 3.8) is 0 Å². The largest absolute Gasteiger partial charge is 0.262 e. The predicted molar refractivity (Wildman–Crippen MR) is 49.9 cm³/mol. The van der Waals surface area contributed by atoms with Crippen molar-refractivity contribution in [2.75, 3.05) is 0 Å². The van der Waals surface area contributed by atoms with Gasteiger partial charge in [0.05, 0.1) is 0 Å². The molecule has 0 aromatic carbocycles. The molecule has 1 aliphatic heterocycles. The third kappa shape index (κ3) is 2.71. The Morgan fingerprint density at radius 2 is 2.36 bits per heavy atom. The summed E-state index contributed by atoms with van der Waals surface area (Å²) >= 11 is 0. The molecule has 1 rings (SSSR count). The number of hydrogen-bond acceptors (Lipinski definition) is 1. The second-order valence-electron chi connectivity index (χ2n) is 2.90. The van der Waals surface area contributed by atoms with E-state index in [0.29, 0.717) is 0 Å². The Kier molecular flexibility index (Phi) is 3.09. The Bertz CT molecular complexity index is 206. The average molecular weight is 149 g/mol. The van der Waals surface area contributed by atoms with E-state index in [1.54, 1.807) is 0 Å². The van der Waals surface area contributed by atoms with E-state index in [2.05, 4.69) is 24.1 Å². The van der Waals surface area contributed by atoms with Crippen LogP contribution in [-0.2, 0) is 0 Å². The minimum absolute atomic E-state index is 1.08. The fraction of sp³-hybridized carbons (Fsp3) is 0.500. The molecule has 0 aliphatic carbocycles. The van der Waals surface area contributed by atoms with Crippen LogP contribution in [-0.4, -0.2) is 6.21 Å². The molecule has 1 nitrogen and oxygen atoms in total. The van der Waals surface area contributed by atoms with Crippen molar-refractivity contribution in [2.45, 2.75) is 33.1 Å². The lowest BCUT2D eigenvalue weighted by Crippen LogP contribution is -1.80. The summed E-state index contributed by atoms with van der Waals surface area (Å²) in [6, 6.07) is 0. The second-order valence-corrected chi connectivity index (χ2v) is 2.90. The molecule has 0 saturated heterocycles. The Morgan fingerprint density at radius 1 is 1.55 bits per heavy atom. The Labute approximate surface area is 68.5 Å². The molecule has 0 spiro atoms. The molecule has 0 amide bonds. The first-order valence-electron chi connectivity index (χ1n) is 4.21. The van der Waals surface area contributed by atoms with Crippen LogP contribution >= 0.6 is 0 Å². The summed E-state index contributed by atoms with van der Waals surface area (Å²) in [4.78, 5) is 4.22. The highest BCUT2D eigenvalue weighted by molar-refractivity contribution is 5.73. The summed E-state index contributed by atoms with van der Waals surface area (Å²) in [6.07, 6.45) is 9.74. The fourth-order valence-corrected chi connectivity index (χ4v) is 1.17. The van der Waals surface area contributed by atoms with Gasteiger partial charge in [0.1, 0.15) is 0 Å². The maximum absolute atomic E-state index is 4.22. The molecule has 0 atom stereocenters. The first-order valence-corrected chi connectivity index (χ1v) is 4.21. The van der Waals surface area contributed by atoms with Gasteiger partial charge in [0.25, 0.3) is 0 Å². The summed E-state index contributed by atoms with van der Waals surface area (Å²) in [5, 5.41) is 0. The third-order valence-corrected chi connectivity index (χ3v) is 1.82. The van der Waals surface area contributed by atoms with Crippen molar-refractivity contribution in [3.05, 3.63) is 23.4 Å². The highest BCUT2D eigenvalue weighted by Crippen LogP contribution is 2.13. The van der Waals surface area contributed by atoms with E-state index in [1.807, 2.05) is 13.1 Å². The Morgan fingerprint density at radius 3 is 3.09 bits per heavy atom. The van der Waals surface area contributed by atoms with Gasteiger partial charge in [-0.1, -0.05) is 25.0 Å². The van der Waals surface area contributed by atoms with Gasteiger partial charge in [-0.15, -0.1) is 0 Å². The van der Waals surface area contributed by atoms with Crippen LogP contribution in [0.15, 0.2) is 28.4 Å². The van der Waals surface area contributed by atoms with Gasteiger partial charge in [-0.25, -0.2) is 0 Å². The molecule has 11 heavy (non-hydrogen) atoms. The third-order valence-electron chi connectivity index (χ3n) is 1.82. The molecule has 0 aromatic rings. The lowest BCUT2D eigenvalue weighted by molar-refractivity contribution is 0.881. The minimum atomic E-state index is 1.08. The number of allylic oxidation sites excluding steroid dienone is 4. The summed E-state index contributed by atoms with van der Waals surface area (Å²) in [5.41, 5.74) is 2.63. The molecule has 1 heteroatoms. The molecule has 0 unspecified atom stereocenters. The summed E-state index contributed by atoms with van der Waals surface area (Å²) in [6.45, 7) is 4.25. The van der Waals surface area contributed by atoms with E-state index in [-0.39, 0.29) is 0 Å². The summed E-state index contributed by atoms with van der Waals surface area (Å²) in [7, 11) is 0. The standard InChI is InChI=1S/C10H15N/c1-3-4-10-6-5-9(2)11-8-7-10/h5,7-8H,3-4,6H2,1-2H3. The number of hydrogen-bond donors (Lipinski definition) is 0. The van der Waals surface area contributed by atoms with E-state index in [4.69, 9.17) is 0 Å². The molecular formula is C10H15N. The molecule has 0 radical (unpaired) electrons. The smallest absolute Gasteiger partial charge is 0.0336 e. The van der Waals surface area contributed by atoms with E-state index in [1.165, 1.54) is 18.4 Å². The molecule has 1 aliphatic rings. The molecule has 0 N–H and O–H groups in total. The van der Waals surface area contributed by atoms with Gasteiger partial charge < -0.3 is 0 Å². The van der Waals surface area contributed by atoms with E-state index in [0.717, 1.165) is 12.1 Å². The van der Waals surface area contributed by atoms with Crippen LogP contribution in [0, 0.1) is 0 Å². The average Bonchev–Trinajstić information content (AvgIpc) is 2.17. The van der Waals surface area contributed by atoms with E-state index < -0.39 is 0 Å². The summed E-state index contributed by atoms with van der Waals surface area (Å²) in [5.74, 6) is 0. The zero-order valence-electron chi connectivity index (χ0n) is 7.30. The van der Waals surface area contributed by atoms with Crippen LogP contribution < -0.4 is 0 Å². The molecule has 1 heterocycles. The van der Waals surface area contributed by atoms with Crippen LogP contribution in [0.5, 0.6) is 0 Å². The van der Waals surface area contributed by atoms with Crippen molar-refractivity contribution >= 4 is 6.21 Å². The van der Waals surface area contributed by atoms with Gasteiger partial charge in [-0.3, -0.25) is 4.99 Å². The van der Waals surface area contributed by atoms with Crippen LogP contribution in [0.3, 0.4) is 0 Å². The monoisotopic (exact) mass is 149 g/mol. The van der Waals surface area contributed by atoms with Gasteiger partial charge in [0.2, 0.25) is 0 Å². The lowest BCUT2D eigenvalue weighted by atomic mass is 10.1. The van der Waals surface area contributed by atoms with E-state index >= 15 is 0 Å². The molecule has 0 aromatic heterocycles. The predicted octanol–water partition coefficient (Wildman–Crippen LogP) is 3.09. The molecule has 60 valence electrons. The van der Waals surface area contributed by atoms with Crippen LogP contribution in [0.25, 0.3) is 0 Å². The SMILES string of the molecule is CCCC1=CC=NC(C)=CC1. The maximum atomic E-state index is 4.22. The Balaban J connectivity index is 2.58. The van der Waals surface area contributed by atoms with Gasteiger partial charge in [0.15, 0.2) is 0 Å². The number of rotatable bonds is 2. The quantitative estimate of drug-likeness (QED) is 0.572. The first kappa shape index (κ1) is 8.25. The minimum Gasteiger partial charge on any atom is -0.262 e. The first-order chi connectivity index (χ1) is 5.33. The van der Waals surface area contributed by atoms with E-state index in [9.17, 15) is 0 Å². The van der Waals surface area contributed by atoms with Crippen molar-refractivity contribution in [1.82, 2.24) is 0 Å². The van der Waals surface area contributed by atoms with Gasteiger partial charge in [-0.05, 0) is 25.8 Å². The Hall–Kier alpha value is -0.850. The zero-order valence-corrected chi connectivity index (χ0v) is 7.30. The van der Waals surface area contributed by atoms with Crippen LogP contribution in [0.4, 0.5) is 0 Å². The van der Waals surface area contributed by atoms with Crippen molar-refractivity contribution in [2.24, 2.45) is 4.99 Å². The van der Waals surface area contributed by atoms with Crippen LogP contribution in [0.2, 0.25) is 0 Å². The maximum Gasteiger partial charge on any atom is 0.0336 e. The zero-order chi connectivity index (χ0) is 8.10.